The summed E-state index contributed by atoms with van der Waals surface area (Å²) < 4.78 is 9.91. The number of hydrogen-bond donors (Lipinski definition) is 0. The van der Waals surface area contributed by atoms with Crippen molar-refractivity contribution in [2.45, 2.75) is 19.9 Å². The highest BCUT2D eigenvalue weighted by Crippen LogP contribution is 2.40. The van der Waals surface area contributed by atoms with Crippen molar-refractivity contribution in [1.29, 1.82) is 0 Å². The second-order valence-corrected chi connectivity index (χ2v) is 9.09. The molecule has 0 bridgehead atoms. The minimum Gasteiger partial charge on any atom is -0.496 e. The Bertz CT molecular complexity index is 1640. The highest BCUT2D eigenvalue weighted by atomic mass is 32.1. The van der Waals surface area contributed by atoms with Crippen molar-refractivity contribution in [1.82, 2.24) is 9.13 Å². The molecule has 166 valence electrons. The third kappa shape index (κ3) is 3.36. The molecule has 2 aromatic carbocycles. The minimum absolute atomic E-state index is 0.118. The summed E-state index contributed by atoms with van der Waals surface area (Å²) in [5.74, 6) is 0.511. The van der Waals surface area contributed by atoms with Crippen LogP contribution in [0.4, 0.5) is 0 Å². The average molecular weight is 458 g/mol. The molecule has 0 saturated heterocycles. The maximum absolute atomic E-state index is 13.7. The van der Waals surface area contributed by atoms with Crippen LogP contribution in [0.2, 0.25) is 0 Å². The monoisotopic (exact) mass is 457 g/mol. The van der Waals surface area contributed by atoms with Crippen LogP contribution in [-0.4, -0.2) is 22.0 Å². The number of carbonyl (C=O) groups is 1. The molecule has 33 heavy (non-hydrogen) atoms. The second kappa shape index (κ2) is 8.01. The van der Waals surface area contributed by atoms with Gasteiger partial charge in [0.05, 0.1) is 17.7 Å². The van der Waals surface area contributed by atoms with Gasteiger partial charge >= 0.3 is 0 Å². The van der Waals surface area contributed by atoms with E-state index < -0.39 is 6.04 Å². The van der Waals surface area contributed by atoms with Gasteiger partial charge in [0.2, 0.25) is 0 Å². The molecule has 1 atom stereocenters. The first-order valence-corrected chi connectivity index (χ1v) is 11.4. The number of nitrogens with zero attached hydrogens (tertiary/aromatic N) is 3. The Morgan fingerprint density at radius 2 is 1.94 bits per heavy atom. The molecule has 0 aliphatic carbocycles. The number of benzene rings is 2. The van der Waals surface area contributed by atoms with E-state index in [4.69, 9.17) is 4.74 Å². The fourth-order valence-electron chi connectivity index (χ4n) is 4.54. The van der Waals surface area contributed by atoms with Crippen LogP contribution < -0.4 is 19.6 Å². The summed E-state index contributed by atoms with van der Waals surface area (Å²) in [6, 6.07) is 15.1. The number of fused-ring (bicyclic) bond motifs is 2. The Kier molecular flexibility index (Phi) is 5.13. The Labute approximate surface area is 194 Å². The molecule has 1 aliphatic heterocycles. The van der Waals surface area contributed by atoms with Gasteiger partial charge in [0.25, 0.3) is 5.56 Å². The van der Waals surface area contributed by atoms with Crippen molar-refractivity contribution in [3.05, 3.63) is 96.9 Å². The highest BCUT2D eigenvalue weighted by Gasteiger charge is 2.33. The number of ether oxygens (including phenoxy) is 1. The predicted octanol–water partition coefficient (Wildman–Crippen LogP) is 3.32. The molecule has 1 unspecified atom stereocenters. The zero-order chi connectivity index (χ0) is 23.3. The normalized spacial score (nSPS) is 16.1. The second-order valence-electron chi connectivity index (χ2n) is 8.08. The molecule has 1 aliphatic rings. The molecule has 7 heteroatoms. The summed E-state index contributed by atoms with van der Waals surface area (Å²) in [4.78, 5) is 31.9. The summed E-state index contributed by atoms with van der Waals surface area (Å²) in [6.07, 6.45) is 3.80. The number of methoxy groups -OCH3 is 1. The van der Waals surface area contributed by atoms with E-state index in [1.54, 1.807) is 11.7 Å². The average Bonchev–Trinajstić information content (AvgIpc) is 3.34. The molecule has 5 rings (SSSR count). The first-order valence-electron chi connectivity index (χ1n) is 10.6. The molecule has 6 nitrogen and oxygen atoms in total. The maximum Gasteiger partial charge on any atom is 0.271 e. The molecule has 0 N–H and O–H groups in total. The molecule has 0 saturated carbocycles. The van der Waals surface area contributed by atoms with Gasteiger partial charge < -0.3 is 9.30 Å². The molecule has 4 aromatic rings. The van der Waals surface area contributed by atoms with Gasteiger partial charge in [0.15, 0.2) is 10.6 Å². The molecular weight excluding hydrogens is 434 g/mol. The van der Waals surface area contributed by atoms with E-state index in [2.05, 4.69) is 4.99 Å². The molecule has 0 fully saturated rings. The summed E-state index contributed by atoms with van der Waals surface area (Å²) >= 11 is 1.33. The molecule has 0 amide bonds. The SMILES string of the molecule is COc1ccc2ccccc2c1C1C(C(C)=O)=C(C)N=c2sc(=Cc3cccn3C)c(=O)n21. The number of thiazole rings is 1. The Hall–Kier alpha value is -3.71. The van der Waals surface area contributed by atoms with Crippen LogP contribution in [0.5, 0.6) is 5.75 Å². The van der Waals surface area contributed by atoms with Crippen LogP contribution in [0, 0.1) is 0 Å². The van der Waals surface area contributed by atoms with Crippen LogP contribution in [0.1, 0.15) is 31.1 Å². The van der Waals surface area contributed by atoms with Crippen LogP contribution in [0.15, 0.2) is 75.8 Å². The number of ketones is 1. The molecule has 2 aromatic heterocycles. The Morgan fingerprint density at radius 1 is 1.15 bits per heavy atom. The number of Topliss-reactive ketones (excluding diaryl/α,β-unsaturated/α-hetero) is 1. The summed E-state index contributed by atoms with van der Waals surface area (Å²) in [7, 11) is 3.54. The lowest BCUT2D eigenvalue weighted by molar-refractivity contribution is -0.114. The van der Waals surface area contributed by atoms with E-state index in [-0.39, 0.29) is 11.3 Å². The van der Waals surface area contributed by atoms with Crippen molar-refractivity contribution >= 4 is 34.0 Å². The van der Waals surface area contributed by atoms with Crippen molar-refractivity contribution < 1.29 is 9.53 Å². The lowest BCUT2D eigenvalue weighted by Crippen LogP contribution is -2.39. The van der Waals surface area contributed by atoms with Gasteiger partial charge in [0, 0.05) is 35.8 Å². The zero-order valence-corrected chi connectivity index (χ0v) is 19.6. The topological polar surface area (TPSA) is 65.6 Å². The number of rotatable bonds is 4. The lowest BCUT2D eigenvalue weighted by atomic mass is 9.89. The lowest BCUT2D eigenvalue weighted by Gasteiger charge is -2.27. The van der Waals surface area contributed by atoms with Crippen LogP contribution in [-0.2, 0) is 11.8 Å². The van der Waals surface area contributed by atoms with E-state index in [1.807, 2.05) is 79.3 Å². The van der Waals surface area contributed by atoms with E-state index in [0.717, 1.165) is 22.0 Å². The maximum atomic E-state index is 13.7. The van der Waals surface area contributed by atoms with Gasteiger partial charge in [-0.05, 0) is 48.9 Å². The highest BCUT2D eigenvalue weighted by molar-refractivity contribution is 7.07. The van der Waals surface area contributed by atoms with Crippen molar-refractivity contribution in [3.8, 4) is 5.75 Å². The number of carbonyl (C=O) groups excluding carboxylic acids is 1. The number of aryl methyl sites for hydroxylation is 1. The number of aromatic nitrogens is 2. The van der Waals surface area contributed by atoms with Crippen LogP contribution >= 0.6 is 11.3 Å². The van der Waals surface area contributed by atoms with Gasteiger partial charge in [-0.15, -0.1) is 0 Å². The van der Waals surface area contributed by atoms with E-state index in [9.17, 15) is 9.59 Å². The van der Waals surface area contributed by atoms with Gasteiger partial charge in [-0.25, -0.2) is 4.99 Å². The van der Waals surface area contributed by atoms with Gasteiger partial charge in [0.1, 0.15) is 5.75 Å². The van der Waals surface area contributed by atoms with E-state index >= 15 is 0 Å². The fourth-order valence-corrected chi connectivity index (χ4v) is 5.57. The standard InChI is InChI=1S/C26H23N3O3S/c1-15-22(16(2)30)24(23-19-10-6-5-8-17(19)11-12-20(23)32-4)29-25(31)21(33-26(29)27-15)14-18-9-7-13-28(18)3/h5-14,24H,1-4H3. The zero-order valence-electron chi connectivity index (χ0n) is 18.8. The largest absolute Gasteiger partial charge is 0.496 e. The van der Waals surface area contributed by atoms with Crippen LogP contribution in [0.3, 0.4) is 0 Å². The number of hydrogen-bond acceptors (Lipinski definition) is 5. The fraction of sp³-hybridized carbons (Fsp3) is 0.192. The van der Waals surface area contributed by atoms with Crippen molar-refractivity contribution in [2.75, 3.05) is 7.11 Å². The summed E-state index contributed by atoms with van der Waals surface area (Å²) in [6.45, 7) is 3.36. The smallest absolute Gasteiger partial charge is 0.271 e. The first kappa shape index (κ1) is 21.2. The third-order valence-electron chi connectivity index (χ3n) is 6.09. The van der Waals surface area contributed by atoms with E-state index in [1.165, 1.54) is 18.3 Å². The van der Waals surface area contributed by atoms with Gasteiger partial charge in [-0.2, -0.15) is 0 Å². The first-order chi connectivity index (χ1) is 15.9. The van der Waals surface area contributed by atoms with Gasteiger partial charge in [-0.1, -0.05) is 41.7 Å². The molecule has 3 heterocycles. The minimum atomic E-state index is -0.629. The third-order valence-corrected chi connectivity index (χ3v) is 7.07. The quantitative estimate of drug-likeness (QED) is 0.472. The Morgan fingerprint density at radius 3 is 2.64 bits per heavy atom. The summed E-state index contributed by atoms with van der Waals surface area (Å²) in [5, 5.41) is 1.95. The van der Waals surface area contributed by atoms with Crippen molar-refractivity contribution in [2.24, 2.45) is 12.0 Å². The van der Waals surface area contributed by atoms with Crippen molar-refractivity contribution in [3.63, 3.8) is 0 Å². The van der Waals surface area contributed by atoms with E-state index in [0.29, 0.717) is 26.4 Å². The summed E-state index contributed by atoms with van der Waals surface area (Å²) in [5.41, 5.74) is 2.66. The van der Waals surface area contributed by atoms with Crippen LogP contribution in [0.25, 0.3) is 16.8 Å². The molecule has 0 radical (unpaired) electrons. The molecular formula is C26H23N3O3S. The predicted molar refractivity (Wildman–Crippen MR) is 130 cm³/mol. The molecule has 0 spiro atoms. The van der Waals surface area contributed by atoms with Gasteiger partial charge in [-0.3, -0.25) is 14.2 Å². The Balaban J connectivity index is 1.89. The number of allylic oxidation sites excluding steroid dienone is 2.